The molecule has 31 heavy (non-hydrogen) atoms. The highest BCUT2D eigenvalue weighted by atomic mass is 35.5. The average molecular weight is 480 g/mol. The molecule has 0 saturated carbocycles. The van der Waals surface area contributed by atoms with Gasteiger partial charge in [0.2, 0.25) is 0 Å². The zero-order valence-electron chi connectivity index (χ0n) is 17.5. The average Bonchev–Trinajstić information content (AvgIpc) is 3.06. The maximum atomic E-state index is 12.9. The number of fused-ring (bicyclic) bond motifs is 1. The van der Waals surface area contributed by atoms with Crippen molar-refractivity contribution in [3.05, 3.63) is 56.8 Å². The Kier molecular flexibility index (Phi) is 7.75. The third-order valence-corrected chi connectivity index (χ3v) is 6.26. The van der Waals surface area contributed by atoms with E-state index in [-0.39, 0.29) is 13.2 Å². The number of halogens is 2. The van der Waals surface area contributed by atoms with E-state index in [9.17, 15) is 9.59 Å². The first-order valence-electron chi connectivity index (χ1n) is 9.95. The first-order valence-corrected chi connectivity index (χ1v) is 11.5. The van der Waals surface area contributed by atoms with Gasteiger partial charge in [0.05, 0.1) is 21.8 Å². The van der Waals surface area contributed by atoms with Crippen molar-refractivity contribution in [3.8, 4) is 0 Å². The lowest BCUT2D eigenvalue weighted by molar-refractivity contribution is -0.143. The summed E-state index contributed by atoms with van der Waals surface area (Å²) in [7, 11) is 0. The van der Waals surface area contributed by atoms with E-state index in [0.717, 1.165) is 23.5 Å². The SMILES string of the molecule is CCOC(=O)Cn1c(=NC(=O)c2ccc(N(CC)CC)cc2)sc2cc(Cl)cc(Cl)c21. The first kappa shape index (κ1) is 23.3. The number of nitrogens with zero attached hydrogens (tertiary/aromatic N) is 3. The number of hydrogen-bond acceptors (Lipinski definition) is 5. The molecule has 2 aromatic carbocycles. The van der Waals surface area contributed by atoms with Crippen molar-refractivity contribution >= 4 is 62.3 Å². The van der Waals surface area contributed by atoms with E-state index >= 15 is 0 Å². The number of rotatable bonds is 7. The highest BCUT2D eigenvalue weighted by Crippen LogP contribution is 2.29. The van der Waals surface area contributed by atoms with Crippen LogP contribution < -0.4 is 9.70 Å². The molecule has 0 atom stereocenters. The van der Waals surface area contributed by atoms with E-state index in [1.165, 1.54) is 11.3 Å². The number of amides is 1. The van der Waals surface area contributed by atoms with Crippen LogP contribution in [0, 0.1) is 0 Å². The maximum absolute atomic E-state index is 12.9. The topological polar surface area (TPSA) is 63.9 Å². The number of thiazole rings is 1. The van der Waals surface area contributed by atoms with Crippen LogP contribution in [0.4, 0.5) is 5.69 Å². The summed E-state index contributed by atoms with van der Waals surface area (Å²) < 4.78 is 7.40. The minimum atomic E-state index is -0.439. The van der Waals surface area contributed by atoms with Gasteiger partial charge in [-0.3, -0.25) is 9.59 Å². The zero-order valence-corrected chi connectivity index (χ0v) is 19.9. The second-order valence-corrected chi connectivity index (χ2v) is 8.50. The maximum Gasteiger partial charge on any atom is 0.326 e. The molecular formula is C22H23Cl2N3O3S. The van der Waals surface area contributed by atoms with Crippen LogP contribution in [0.3, 0.4) is 0 Å². The molecule has 0 unspecified atom stereocenters. The molecule has 0 N–H and O–H groups in total. The minimum Gasteiger partial charge on any atom is -0.465 e. The van der Waals surface area contributed by atoms with Crippen LogP contribution in [0.15, 0.2) is 41.4 Å². The van der Waals surface area contributed by atoms with E-state index in [0.29, 0.717) is 25.9 Å². The van der Waals surface area contributed by atoms with Crippen molar-refractivity contribution in [3.63, 3.8) is 0 Å². The number of ether oxygens (including phenoxy) is 1. The van der Waals surface area contributed by atoms with Crippen molar-refractivity contribution in [2.45, 2.75) is 27.3 Å². The smallest absolute Gasteiger partial charge is 0.326 e. The molecule has 0 spiro atoms. The van der Waals surface area contributed by atoms with Crippen molar-refractivity contribution in [1.82, 2.24) is 4.57 Å². The molecule has 0 saturated heterocycles. The lowest BCUT2D eigenvalue weighted by atomic mass is 10.2. The molecule has 0 aliphatic heterocycles. The Labute approximate surface area is 194 Å². The molecule has 9 heteroatoms. The predicted molar refractivity (Wildman–Crippen MR) is 126 cm³/mol. The fourth-order valence-corrected chi connectivity index (χ4v) is 5.06. The summed E-state index contributed by atoms with van der Waals surface area (Å²) in [4.78, 5) is 31.9. The van der Waals surface area contributed by atoms with Crippen molar-refractivity contribution in [2.24, 2.45) is 4.99 Å². The van der Waals surface area contributed by atoms with Gasteiger partial charge in [0.1, 0.15) is 6.54 Å². The Morgan fingerprint density at radius 3 is 2.39 bits per heavy atom. The molecule has 3 aromatic rings. The lowest BCUT2D eigenvalue weighted by Crippen LogP contribution is -2.23. The molecule has 0 fully saturated rings. The monoisotopic (exact) mass is 479 g/mol. The third kappa shape index (κ3) is 5.29. The molecule has 0 radical (unpaired) electrons. The van der Waals surface area contributed by atoms with Crippen molar-refractivity contribution in [2.75, 3.05) is 24.6 Å². The van der Waals surface area contributed by atoms with Crippen LogP contribution in [0.2, 0.25) is 10.0 Å². The van der Waals surface area contributed by atoms with E-state index < -0.39 is 11.9 Å². The van der Waals surface area contributed by atoms with Gasteiger partial charge in [-0.25, -0.2) is 0 Å². The summed E-state index contributed by atoms with van der Waals surface area (Å²) in [5, 5.41) is 0.840. The van der Waals surface area contributed by atoms with Gasteiger partial charge in [-0.05, 0) is 57.2 Å². The molecule has 0 aliphatic carbocycles. The molecule has 6 nitrogen and oxygen atoms in total. The summed E-state index contributed by atoms with van der Waals surface area (Å²) in [6.07, 6.45) is 0. The minimum absolute atomic E-state index is 0.109. The summed E-state index contributed by atoms with van der Waals surface area (Å²) in [5.74, 6) is -0.844. The largest absolute Gasteiger partial charge is 0.465 e. The van der Waals surface area contributed by atoms with Gasteiger partial charge < -0.3 is 14.2 Å². The van der Waals surface area contributed by atoms with Crippen LogP contribution in [0.5, 0.6) is 0 Å². The van der Waals surface area contributed by atoms with Gasteiger partial charge in [-0.2, -0.15) is 4.99 Å². The van der Waals surface area contributed by atoms with Gasteiger partial charge in [0.15, 0.2) is 4.80 Å². The first-order chi connectivity index (χ1) is 14.9. The fourth-order valence-electron chi connectivity index (χ4n) is 3.25. The standard InChI is InChI=1S/C22H23Cl2N3O3S/c1-4-26(5-2)16-9-7-14(8-10-16)21(29)25-22-27(13-19(28)30-6-3)20-17(24)11-15(23)12-18(20)31-22/h7-12H,4-6,13H2,1-3H3. The second-order valence-electron chi connectivity index (χ2n) is 6.65. The quantitative estimate of drug-likeness (QED) is 0.439. The number of carbonyl (C=O) groups excluding carboxylic acids is 2. The Hall–Kier alpha value is -2.35. The fraction of sp³-hybridized carbons (Fsp3) is 0.318. The van der Waals surface area contributed by atoms with E-state index in [4.69, 9.17) is 27.9 Å². The Morgan fingerprint density at radius 2 is 1.77 bits per heavy atom. The Morgan fingerprint density at radius 1 is 1.10 bits per heavy atom. The molecule has 0 bridgehead atoms. The van der Waals surface area contributed by atoms with Gasteiger partial charge in [-0.1, -0.05) is 34.5 Å². The van der Waals surface area contributed by atoms with Crippen LogP contribution in [0.1, 0.15) is 31.1 Å². The number of benzene rings is 2. The van der Waals surface area contributed by atoms with E-state index in [1.54, 1.807) is 35.8 Å². The Balaban J connectivity index is 2.05. The lowest BCUT2D eigenvalue weighted by Gasteiger charge is -2.20. The van der Waals surface area contributed by atoms with Crippen molar-refractivity contribution < 1.29 is 14.3 Å². The number of esters is 1. The highest BCUT2D eigenvalue weighted by molar-refractivity contribution is 7.16. The van der Waals surface area contributed by atoms with Crippen LogP contribution >= 0.6 is 34.5 Å². The molecule has 1 heterocycles. The molecule has 1 amide bonds. The summed E-state index contributed by atoms with van der Waals surface area (Å²) in [5.41, 5.74) is 2.09. The summed E-state index contributed by atoms with van der Waals surface area (Å²) in [6.45, 7) is 7.81. The van der Waals surface area contributed by atoms with Crippen LogP contribution in [-0.2, 0) is 16.1 Å². The molecule has 0 aliphatic rings. The molecule has 164 valence electrons. The summed E-state index contributed by atoms with van der Waals surface area (Å²) >= 11 is 13.8. The summed E-state index contributed by atoms with van der Waals surface area (Å²) in [6, 6.07) is 10.7. The normalized spacial score (nSPS) is 11.7. The number of anilines is 1. The third-order valence-electron chi connectivity index (χ3n) is 4.73. The zero-order chi connectivity index (χ0) is 22.5. The van der Waals surface area contributed by atoms with Gasteiger partial charge in [0.25, 0.3) is 5.91 Å². The van der Waals surface area contributed by atoms with E-state index in [1.807, 2.05) is 12.1 Å². The molecule has 1 aromatic heterocycles. The Bertz CT molecular complexity index is 1170. The van der Waals surface area contributed by atoms with Crippen LogP contribution in [0.25, 0.3) is 10.2 Å². The van der Waals surface area contributed by atoms with Gasteiger partial charge >= 0.3 is 5.97 Å². The molecule has 3 rings (SSSR count). The highest BCUT2D eigenvalue weighted by Gasteiger charge is 2.16. The van der Waals surface area contributed by atoms with Gasteiger partial charge in [0, 0.05) is 29.4 Å². The van der Waals surface area contributed by atoms with Crippen LogP contribution in [-0.4, -0.2) is 36.1 Å². The number of aromatic nitrogens is 1. The predicted octanol–water partition coefficient (Wildman–Crippen LogP) is 5.16. The second kappa shape index (κ2) is 10.3. The van der Waals surface area contributed by atoms with Gasteiger partial charge in [-0.15, -0.1) is 0 Å². The molecular weight excluding hydrogens is 457 g/mol. The van der Waals surface area contributed by atoms with E-state index in [2.05, 4.69) is 23.7 Å². The number of hydrogen-bond donors (Lipinski definition) is 0. The van der Waals surface area contributed by atoms with Crippen molar-refractivity contribution in [1.29, 1.82) is 0 Å². The number of carbonyl (C=O) groups is 2.